The first kappa shape index (κ1) is 13.4. The van der Waals surface area contributed by atoms with Crippen LogP contribution in [0.2, 0.25) is 0 Å². The summed E-state index contributed by atoms with van der Waals surface area (Å²) in [6.45, 7) is -2.81. The highest BCUT2D eigenvalue weighted by molar-refractivity contribution is 8.15. The minimum Gasteiger partial charge on any atom is -0.279 e. The van der Waals surface area contributed by atoms with E-state index in [0.717, 1.165) is 0 Å². The van der Waals surface area contributed by atoms with E-state index >= 15 is 0 Å². The third-order valence-corrected chi connectivity index (χ3v) is 4.63. The summed E-state index contributed by atoms with van der Waals surface area (Å²) < 4.78 is 13.9. The lowest BCUT2D eigenvalue weighted by molar-refractivity contribution is -0.385. The van der Waals surface area contributed by atoms with Gasteiger partial charge in [-0.3, -0.25) is 21.1 Å². The van der Waals surface area contributed by atoms with Crippen LogP contribution in [0.25, 0.3) is 0 Å². The first-order chi connectivity index (χ1) is 7.29. The highest BCUT2D eigenvalue weighted by atomic mass is 32.5. The van der Waals surface area contributed by atoms with Gasteiger partial charge in [0.2, 0.25) is 0 Å². The average Bonchev–Trinajstić information content (AvgIpc) is 2.15. The zero-order valence-corrected chi connectivity index (χ0v) is 10.4. The maximum atomic E-state index is 11.6. The van der Waals surface area contributed by atoms with Crippen LogP contribution in [0.1, 0.15) is 0 Å². The van der Waals surface area contributed by atoms with Gasteiger partial charge >= 0.3 is 0 Å². The van der Waals surface area contributed by atoms with Crippen molar-refractivity contribution in [3.8, 4) is 0 Å². The Labute approximate surface area is 99.1 Å². The van der Waals surface area contributed by atoms with Crippen LogP contribution in [0.15, 0.2) is 29.2 Å². The van der Waals surface area contributed by atoms with Gasteiger partial charge in [0, 0.05) is 12.1 Å². The van der Waals surface area contributed by atoms with Gasteiger partial charge in [-0.05, 0) is 17.9 Å². The number of nitro groups is 1. The molecule has 1 rings (SSSR count). The lowest BCUT2D eigenvalue weighted by Crippen LogP contribution is -2.23. The van der Waals surface area contributed by atoms with Crippen molar-refractivity contribution in [3.05, 3.63) is 34.4 Å². The molecule has 0 aromatic heterocycles. The molecule has 1 atom stereocenters. The highest BCUT2D eigenvalue weighted by Gasteiger charge is 2.13. The van der Waals surface area contributed by atoms with E-state index in [2.05, 4.69) is 16.3 Å². The number of non-ortho nitro benzene ring substituents is 1. The number of hydrogen-bond donors (Lipinski definition) is 3. The second-order valence-corrected chi connectivity index (χ2v) is 7.79. The molecule has 0 fully saturated rings. The second-order valence-electron chi connectivity index (χ2n) is 2.82. The number of nitrogens with two attached hydrogens (primary N) is 2. The standard InChI is InChI=1S/C6H9N4O3PS2/c7-14(8,15)9-16(13)6-3-1-2-5(4-6)10(11)12/h1-4H,(H5,7,8,9,15). The van der Waals surface area contributed by atoms with Crippen LogP contribution in [-0.2, 0) is 22.8 Å². The molecule has 0 saturated carbocycles. The summed E-state index contributed by atoms with van der Waals surface area (Å²) >= 11 is 4.67. The van der Waals surface area contributed by atoms with Gasteiger partial charge < -0.3 is 0 Å². The molecule has 0 radical (unpaired) electrons. The molecule has 0 spiro atoms. The molecule has 88 valence electrons. The fraction of sp³-hybridized carbons (Fsp3) is 0. The number of hydrogen-bond acceptors (Lipinski definition) is 4. The van der Waals surface area contributed by atoms with E-state index in [9.17, 15) is 14.3 Å². The molecule has 0 aliphatic heterocycles. The maximum absolute atomic E-state index is 11.6. The Bertz CT molecular complexity index is 488. The summed E-state index contributed by atoms with van der Waals surface area (Å²) in [5.41, 5.74) is 10.5. The molecule has 0 heterocycles. The van der Waals surface area contributed by atoms with Gasteiger partial charge in [-0.25, -0.2) is 4.21 Å². The smallest absolute Gasteiger partial charge is 0.270 e. The van der Waals surface area contributed by atoms with E-state index in [0.29, 0.717) is 0 Å². The molecule has 16 heavy (non-hydrogen) atoms. The lowest BCUT2D eigenvalue weighted by Gasteiger charge is -2.10. The summed E-state index contributed by atoms with van der Waals surface area (Å²) in [6, 6.07) is 5.35. The molecule has 0 aliphatic carbocycles. The van der Waals surface area contributed by atoms with Crippen molar-refractivity contribution in [1.29, 1.82) is 0 Å². The summed E-state index contributed by atoms with van der Waals surface area (Å²) in [5.74, 6) is 0. The summed E-state index contributed by atoms with van der Waals surface area (Å²) in [6.07, 6.45) is 0. The average molecular weight is 280 g/mol. The van der Waals surface area contributed by atoms with E-state index in [1.807, 2.05) is 0 Å². The molecule has 0 amide bonds. The fourth-order valence-electron chi connectivity index (χ4n) is 0.895. The van der Waals surface area contributed by atoms with Crippen molar-refractivity contribution in [3.63, 3.8) is 0 Å². The monoisotopic (exact) mass is 280 g/mol. The van der Waals surface area contributed by atoms with Gasteiger partial charge in [-0.1, -0.05) is 6.07 Å². The first-order valence-corrected chi connectivity index (χ1v) is 8.00. The molecule has 7 nitrogen and oxygen atoms in total. The van der Waals surface area contributed by atoms with Crippen molar-refractivity contribution >= 4 is 35.0 Å². The van der Waals surface area contributed by atoms with Crippen LogP contribution in [0, 0.1) is 10.1 Å². The Balaban J connectivity index is 2.97. The molecule has 0 saturated heterocycles. The predicted octanol–water partition coefficient (Wildman–Crippen LogP) is 0.349. The van der Waals surface area contributed by atoms with Crippen molar-refractivity contribution in [1.82, 2.24) is 4.49 Å². The summed E-state index contributed by atoms with van der Waals surface area (Å²) in [4.78, 5) is 10.1. The third-order valence-electron chi connectivity index (χ3n) is 1.47. The number of nitrogens with zero attached hydrogens (tertiary/aromatic N) is 1. The summed E-state index contributed by atoms with van der Waals surface area (Å²) in [5, 5.41) is 10.5. The molecular weight excluding hydrogens is 271 g/mol. The Kier molecular flexibility index (Phi) is 4.25. The number of nitrogens with one attached hydrogen (secondary N) is 1. The van der Waals surface area contributed by atoms with Crippen molar-refractivity contribution in [2.24, 2.45) is 11.0 Å². The van der Waals surface area contributed by atoms with Gasteiger partial charge in [0.25, 0.3) is 5.69 Å². The topological polar surface area (TPSA) is 124 Å². The van der Waals surface area contributed by atoms with Crippen LogP contribution < -0.4 is 15.5 Å². The molecule has 0 aliphatic rings. The largest absolute Gasteiger partial charge is 0.279 e. The Morgan fingerprint density at radius 1 is 1.50 bits per heavy atom. The van der Waals surface area contributed by atoms with Gasteiger partial charge in [0.1, 0.15) is 17.5 Å². The Hall–Kier alpha value is -0.700. The molecule has 1 aromatic carbocycles. The normalized spacial score (nSPS) is 13.4. The van der Waals surface area contributed by atoms with Crippen LogP contribution >= 0.6 is 6.49 Å². The van der Waals surface area contributed by atoms with Gasteiger partial charge in [-0.2, -0.15) is 4.49 Å². The fourth-order valence-corrected chi connectivity index (χ4v) is 3.39. The van der Waals surface area contributed by atoms with Crippen LogP contribution in [0.4, 0.5) is 5.69 Å². The molecule has 5 N–H and O–H groups in total. The predicted molar refractivity (Wildman–Crippen MR) is 65.3 cm³/mol. The summed E-state index contributed by atoms with van der Waals surface area (Å²) in [7, 11) is -1.74. The van der Waals surface area contributed by atoms with Crippen LogP contribution in [-0.4, -0.2) is 9.13 Å². The van der Waals surface area contributed by atoms with Crippen molar-refractivity contribution in [2.45, 2.75) is 4.90 Å². The molecular formula is C6H9N4O3PS2. The Morgan fingerprint density at radius 2 is 2.12 bits per heavy atom. The highest BCUT2D eigenvalue weighted by Crippen LogP contribution is 2.23. The van der Waals surface area contributed by atoms with Crippen LogP contribution in [0.5, 0.6) is 0 Å². The zero-order chi connectivity index (χ0) is 12.3. The number of rotatable bonds is 4. The zero-order valence-electron chi connectivity index (χ0n) is 7.90. The number of benzene rings is 1. The van der Waals surface area contributed by atoms with E-state index in [1.54, 1.807) is 0 Å². The SMILES string of the molecule is NP(N)(=S)NS(=O)c1cccc([N+](=O)[O-])c1. The first-order valence-electron chi connectivity index (χ1n) is 3.91. The van der Waals surface area contributed by atoms with E-state index < -0.39 is 22.4 Å². The molecule has 1 aromatic rings. The minimum atomic E-state index is -2.81. The molecule has 10 heteroatoms. The molecule has 0 bridgehead atoms. The quantitative estimate of drug-likeness (QED) is 0.415. The molecule has 1 unspecified atom stereocenters. The van der Waals surface area contributed by atoms with Gasteiger partial charge in [0.15, 0.2) is 0 Å². The van der Waals surface area contributed by atoms with Gasteiger partial charge in [-0.15, -0.1) is 0 Å². The maximum Gasteiger partial charge on any atom is 0.270 e. The van der Waals surface area contributed by atoms with Crippen molar-refractivity contribution in [2.75, 3.05) is 0 Å². The van der Waals surface area contributed by atoms with Crippen LogP contribution in [0.3, 0.4) is 0 Å². The van der Waals surface area contributed by atoms with E-state index in [4.69, 9.17) is 11.0 Å². The van der Waals surface area contributed by atoms with Crippen molar-refractivity contribution < 1.29 is 9.13 Å². The second kappa shape index (κ2) is 5.09. The number of nitro benzene ring substituents is 1. The minimum absolute atomic E-state index is 0.157. The lowest BCUT2D eigenvalue weighted by atomic mass is 10.3. The Morgan fingerprint density at radius 3 is 2.62 bits per heavy atom. The third kappa shape index (κ3) is 4.05. The van der Waals surface area contributed by atoms with E-state index in [1.165, 1.54) is 24.3 Å². The van der Waals surface area contributed by atoms with Gasteiger partial charge in [0.05, 0.1) is 9.82 Å². The van der Waals surface area contributed by atoms with E-state index in [-0.39, 0.29) is 10.6 Å².